The van der Waals surface area contributed by atoms with Crippen molar-refractivity contribution in [2.24, 2.45) is 11.8 Å². The fourth-order valence-corrected chi connectivity index (χ4v) is 4.94. The standard InChI is InChI=1S/C29H36FNO3/c1-5-19(2)21-7-6-20(14-21)15-23-8-9-24(17-27(23)30)31-13-12-22-16-25(34-18-29(3,4)33)10-11-26(22)28(31)32/h8-11,15-17,19,21,33H,5-7,12-14,18H2,1-4H3/t19?,21-/m1/s1. The van der Waals surface area contributed by atoms with Crippen molar-refractivity contribution in [1.82, 2.24) is 0 Å². The van der Waals surface area contributed by atoms with Crippen LogP contribution in [0.4, 0.5) is 10.1 Å². The Morgan fingerprint density at radius 2 is 2.03 bits per heavy atom. The van der Waals surface area contributed by atoms with Crippen LogP contribution >= 0.6 is 0 Å². The summed E-state index contributed by atoms with van der Waals surface area (Å²) in [6.45, 7) is 8.56. The van der Waals surface area contributed by atoms with Gasteiger partial charge >= 0.3 is 0 Å². The summed E-state index contributed by atoms with van der Waals surface area (Å²) in [7, 11) is 0. The number of hydrogen-bond donors (Lipinski definition) is 1. The van der Waals surface area contributed by atoms with Gasteiger partial charge in [-0.2, -0.15) is 0 Å². The Morgan fingerprint density at radius 1 is 1.24 bits per heavy atom. The van der Waals surface area contributed by atoms with Crippen molar-refractivity contribution in [3.05, 3.63) is 64.5 Å². The van der Waals surface area contributed by atoms with Crippen molar-refractivity contribution in [3.63, 3.8) is 0 Å². The minimum Gasteiger partial charge on any atom is -0.491 e. The van der Waals surface area contributed by atoms with Crippen molar-refractivity contribution >= 4 is 17.7 Å². The molecular weight excluding hydrogens is 429 g/mol. The molecule has 1 aliphatic heterocycles. The molecule has 2 aromatic rings. The minimum absolute atomic E-state index is 0.131. The molecule has 1 aliphatic carbocycles. The van der Waals surface area contributed by atoms with Crippen LogP contribution < -0.4 is 9.64 Å². The second-order valence-corrected chi connectivity index (χ2v) is 10.5. The lowest BCUT2D eigenvalue weighted by Gasteiger charge is -2.29. The molecule has 4 nitrogen and oxygen atoms in total. The van der Waals surface area contributed by atoms with Gasteiger partial charge in [0, 0.05) is 23.4 Å². The first-order chi connectivity index (χ1) is 16.1. The summed E-state index contributed by atoms with van der Waals surface area (Å²) in [6.07, 6.45) is 7.13. The van der Waals surface area contributed by atoms with E-state index in [-0.39, 0.29) is 18.3 Å². The van der Waals surface area contributed by atoms with Gasteiger partial charge in [0.15, 0.2) is 0 Å². The second-order valence-electron chi connectivity index (χ2n) is 10.5. The molecule has 1 N–H and O–H groups in total. The summed E-state index contributed by atoms with van der Waals surface area (Å²) in [4.78, 5) is 14.8. The summed E-state index contributed by atoms with van der Waals surface area (Å²) < 4.78 is 20.7. The number of aliphatic hydroxyl groups is 1. The van der Waals surface area contributed by atoms with E-state index >= 15 is 4.39 Å². The van der Waals surface area contributed by atoms with Crippen molar-refractivity contribution in [1.29, 1.82) is 0 Å². The topological polar surface area (TPSA) is 49.8 Å². The van der Waals surface area contributed by atoms with Gasteiger partial charge in [-0.05, 0) is 93.3 Å². The zero-order valence-corrected chi connectivity index (χ0v) is 20.7. The number of halogens is 1. The fraction of sp³-hybridized carbons (Fsp3) is 0.483. The van der Waals surface area contributed by atoms with E-state index in [0.717, 1.165) is 18.4 Å². The molecule has 2 atom stereocenters. The van der Waals surface area contributed by atoms with E-state index < -0.39 is 5.60 Å². The number of carbonyl (C=O) groups is 1. The molecule has 4 rings (SSSR count). The molecule has 1 fully saturated rings. The number of fused-ring (bicyclic) bond motifs is 1. The lowest BCUT2D eigenvalue weighted by Crippen LogP contribution is -2.37. The zero-order valence-electron chi connectivity index (χ0n) is 20.7. The SMILES string of the molecule is CCC(C)[C@@H]1CCC(=Cc2ccc(N3CCc4cc(OCC(C)(C)O)ccc4C3=O)cc2F)C1. The lowest BCUT2D eigenvalue weighted by atomic mass is 9.90. The predicted octanol–water partition coefficient (Wildman–Crippen LogP) is 6.41. The second kappa shape index (κ2) is 9.91. The Morgan fingerprint density at radius 3 is 2.74 bits per heavy atom. The van der Waals surface area contributed by atoms with E-state index in [9.17, 15) is 9.90 Å². The maximum absolute atomic E-state index is 15.0. The Kier molecular flexibility index (Phi) is 7.13. The van der Waals surface area contributed by atoms with Gasteiger partial charge in [0.05, 0.1) is 5.60 Å². The largest absolute Gasteiger partial charge is 0.491 e. The van der Waals surface area contributed by atoms with Crippen LogP contribution in [0.3, 0.4) is 0 Å². The zero-order chi connectivity index (χ0) is 24.5. The van der Waals surface area contributed by atoms with Gasteiger partial charge in [-0.25, -0.2) is 4.39 Å². The van der Waals surface area contributed by atoms with Crippen LogP contribution in [-0.2, 0) is 6.42 Å². The molecule has 1 heterocycles. The molecule has 0 saturated heterocycles. The van der Waals surface area contributed by atoms with Gasteiger partial charge in [0.2, 0.25) is 0 Å². The van der Waals surface area contributed by atoms with Gasteiger partial charge in [-0.3, -0.25) is 4.79 Å². The number of nitrogens with zero attached hydrogens (tertiary/aromatic N) is 1. The van der Waals surface area contributed by atoms with Crippen molar-refractivity contribution in [3.8, 4) is 5.75 Å². The highest BCUT2D eigenvalue weighted by Crippen LogP contribution is 2.38. The molecule has 0 bridgehead atoms. The number of anilines is 1. The molecular formula is C29H36FNO3. The molecule has 5 heteroatoms. The Balaban J connectivity index is 1.47. The molecule has 0 radical (unpaired) electrons. The first-order valence-corrected chi connectivity index (χ1v) is 12.4. The molecule has 1 amide bonds. The van der Waals surface area contributed by atoms with E-state index in [4.69, 9.17) is 4.74 Å². The Labute approximate surface area is 202 Å². The van der Waals surface area contributed by atoms with Crippen LogP contribution in [0, 0.1) is 17.7 Å². The van der Waals surface area contributed by atoms with Crippen LogP contribution in [-0.4, -0.2) is 29.8 Å². The third-order valence-electron chi connectivity index (χ3n) is 7.21. The number of hydrogen-bond acceptors (Lipinski definition) is 3. The van der Waals surface area contributed by atoms with E-state index in [2.05, 4.69) is 13.8 Å². The monoisotopic (exact) mass is 465 g/mol. The summed E-state index contributed by atoms with van der Waals surface area (Å²) in [5, 5.41) is 9.87. The third-order valence-corrected chi connectivity index (χ3v) is 7.21. The molecule has 2 aliphatic rings. The quantitative estimate of drug-likeness (QED) is 0.514. The van der Waals surface area contributed by atoms with Crippen molar-refractivity contribution < 1.29 is 19.0 Å². The predicted molar refractivity (Wildman–Crippen MR) is 135 cm³/mol. The average Bonchev–Trinajstić information content (AvgIpc) is 3.27. The maximum atomic E-state index is 15.0. The maximum Gasteiger partial charge on any atom is 0.258 e. The highest BCUT2D eigenvalue weighted by Gasteiger charge is 2.27. The number of benzene rings is 2. The normalized spacial score (nSPS) is 20.5. The van der Waals surface area contributed by atoms with Crippen LogP contribution in [0.15, 0.2) is 42.0 Å². The molecule has 1 saturated carbocycles. The van der Waals surface area contributed by atoms with Gasteiger partial charge in [-0.1, -0.05) is 31.9 Å². The van der Waals surface area contributed by atoms with Crippen LogP contribution in [0.5, 0.6) is 5.75 Å². The van der Waals surface area contributed by atoms with Crippen molar-refractivity contribution in [2.45, 2.75) is 65.4 Å². The number of rotatable bonds is 7. The molecule has 2 aromatic carbocycles. The average molecular weight is 466 g/mol. The van der Waals surface area contributed by atoms with E-state index in [1.807, 2.05) is 18.2 Å². The molecule has 0 aromatic heterocycles. The Hall–Kier alpha value is -2.66. The smallest absolute Gasteiger partial charge is 0.258 e. The van der Waals surface area contributed by atoms with E-state index in [1.54, 1.807) is 36.9 Å². The van der Waals surface area contributed by atoms with E-state index in [1.165, 1.54) is 24.5 Å². The summed E-state index contributed by atoms with van der Waals surface area (Å²) in [5.74, 6) is 1.62. The highest BCUT2D eigenvalue weighted by atomic mass is 19.1. The van der Waals surface area contributed by atoms with Crippen LogP contribution in [0.1, 0.15) is 74.9 Å². The van der Waals surface area contributed by atoms with Crippen LogP contribution in [0.25, 0.3) is 6.08 Å². The molecule has 34 heavy (non-hydrogen) atoms. The highest BCUT2D eigenvalue weighted by molar-refractivity contribution is 6.08. The van der Waals surface area contributed by atoms with Gasteiger partial charge in [-0.15, -0.1) is 0 Å². The molecule has 182 valence electrons. The third kappa shape index (κ3) is 5.52. The van der Waals surface area contributed by atoms with Gasteiger partial charge in [0.1, 0.15) is 18.2 Å². The van der Waals surface area contributed by atoms with Gasteiger partial charge < -0.3 is 14.7 Å². The van der Waals surface area contributed by atoms with Crippen LogP contribution in [0.2, 0.25) is 0 Å². The first kappa shape index (κ1) is 24.5. The fourth-order valence-electron chi connectivity index (χ4n) is 4.94. The molecule has 0 spiro atoms. The minimum atomic E-state index is -0.928. The summed E-state index contributed by atoms with van der Waals surface area (Å²) in [5.41, 5.74) is 3.09. The number of amides is 1. The lowest BCUT2D eigenvalue weighted by molar-refractivity contribution is 0.0284. The van der Waals surface area contributed by atoms with Crippen molar-refractivity contribution in [2.75, 3.05) is 18.1 Å². The summed E-state index contributed by atoms with van der Waals surface area (Å²) in [6, 6.07) is 10.5. The number of ether oxygens (including phenoxy) is 1. The number of allylic oxidation sites excluding steroid dienone is 1. The van der Waals surface area contributed by atoms with E-state index in [0.29, 0.717) is 47.4 Å². The summed E-state index contributed by atoms with van der Waals surface area (Å²) >= 11 is 0. The van der Waals surface area contributed by atoms with Gasteiger partial charge in [0.25, 0.3) is 5.91 Å². The first-order valence-electron chi connectivity index (χ1n) is 12.4. The number of carbonyl (C=O) groups excluding carboxylic acids is 1. The molecule has 1 unspecified atom stereocenters. The Bertz CT molecular complexity index is 1090.